The van der Waals surface area contributed by atoms with Crippen LogP contribution in [0.25, 0.3) is 0 Å². The molecular formula is C15H32N2O. The van der Waals surface area contributed by atoms with Gasteiger partial charge in [-0.05, 0) is 40.5 Å². The molecule has 0 aromatic rings. The smallest absolute Gasteiger partial charge is 0.0600 e. The van der Waals surface area contributed by atoms with Gasteiger partial charge in [-0.2, -0.15) is 0 Å². The van der Waals surface area contributed by atoms with Gasteiger partial charge >= 0.3 is 0 Å². The minimum atomic E-state index is -0.0309. The topological polar surface area (TPSA) is 24.5 Å². The van der Waals surface area contributed by atoms with Crippen molar-refractivity contribution in [2.75, 3.05) is 26.2 Å². The number of rotatable bonds is 4. The highest BCUT2D eigenvalue weighted by atomic mass is 16.5. The zero-order chi connectivity index (χ0) is 14.0. The number of hydrogen-bond donors (Lipinski definition) is 1. The van der Waals surface area contributed by atoms with Gasteiger partial charge in [-0.1, -0.05) is 13.8 Å². The summed E-state index contributed by atoms with van der Waals surface area (Å²) in [5, 5.41) is 3.64. The standard InChI is InChI=1S/C15H32N2O/c1-12(2)13-10-16-15(6,7)11-17(13)8-9-18-14(3,4)5/h12-13,16H,8-11H2,1-7H3. The predicted octanol–water partition coefficient (Wildman–Crippen LogP) is 2.51. The summed E-state index contributed by atoms with van der Waals surface area (Å²) in [6.07, 6.45) is 0. The summed E-state index contributed by atoms with van der Waals surface area (Å²) in [5.41, 5.74) is 0.185. The molecule has 1 fully saturated rings. The second-order valence-corrected chi connectivity index (χ2v) is 7.51. The molecule has 1 heterocycles. The van der Waals surface area contributed by atoms with Crippen molar-refractivity contribution in [3.05, 3.63) is 0 Å². The Morgan fingerprint density at radius 3 is 2.44 bits per heavy atom. The van der Waals surface area contributed by atoms with Crippen molar-refractivity contribution < 1.29 is 4.74 Å². The van der Waals surface area contributed by atoms with Crippen molar-refractivity contribution in [2.24, 2.45) is 5.92 Å². The Bertz CT molecular complexity index is 256. The molecule has 0 radical (unpaired) electrons. The first-order chi connectivity index (χ1) is 8.11. The summed E-state index contributed by atoms with van der Waals surface area (Å²) in [4.78, 5) is 2.59. The van der Waals surface area contributed by atoms with Gasteiger partial charge in [-0.25, -0.2) is 0 Å². The third kappa shape index (κ3) is 5.25. The van der Waals surface area contributed by atoms with Gasteiger partial charge in [0.05, 0.1) is 12.2 Å². The number of hydrogen-bond acceptors (Lipinski definition) is 3. The van der Waals surface area contributed by atoms with E-state index in [0.29, 0.717) is 12.0 Å². The zero-order valence-electron chi connectivity index (χ0n) is 13.3. The lowest BCUT2D eigenvalue weighted by molar-refractivity contribution is -0.0299. The van der Waals surface area contributed by atoms with E-state index >= 15 is 0 Å². The molecular weight excluding hydrogens is 224 g/mol. The summed E-state index contributed by atoms with van der Waals surface area (Å²) >= 11 is 0. The normalized spacial score (nSPS) is 25.7. The van der Waals surface area contributed by atoms with E-state index in [1.165, 1.54) is 0 Å². The van der Waals surface area contributed by atoms with Crippen LogP contribution < -0.4 is 5.32 Å². The molecule has 0 saturated carbocycles. The van der Waals surface area contributed by atoms with Crippen LogP contribution in [0.3, 0.4) is 0 Å². The molecule has 1 rings (SSSR count). The van der Waals surface area contributed by atoms with Gasteiger partial charge in [0.2, 0.25) is 0 Å². The first kappa shape index (κ1) is 15.9. The SMILES string of the molecule is CC(C)C1CNC(C)(C)CN1CCOC(C)(C)C. The molecule has 1 aliphatic heterocycles. The maximum Gasteiger partial charge on any atom is 0.0600 e. The van der Waals surface area contributed by atoms with Crippen LogP contribution in [0.5, 0.6) is 0 Å². The second-order valence-electron chi connectivity index (χ2n) is 7.51. The Morgan fingerprint density at radius 1 is 1.33 bits per heavy atom. The van der Waals surface area contributed by atoms with E-state index in [4.69, 9.17) is 4.74 Å². The van der Waals surface area contributed by atoms with E-state index in [0.717, 1.165) is 26.2 Å². The third-order valence-electron chi connectivity index (χ3n) is 3.54. The average Bonchev–Trinajstić information content (AvgIpc) is 2.13. The molecule has 1 N–H and O–H groups in total. The predicted molar refractivity (Wildman–Crippen MR) is 78.0 cm³/mol. The average molecular weight is 256 g/mol. The lowest BCUT2D eigenvalue weighted by Crippen LogP contribution is -2.63. The first-order valence-electron chi connectivity index (χ1n) is 7.24. The molecule has 0 aromatic heterocycles. The summed E-state index contributed by atoms with van der Waals surface area (Å²) in [7, 11) is 0. The largest absolute Gasteiger partial charge is 0.375 e. The molecule has 1 saturated heterocycles. The van der Waals surface area contributed by atoms with E-state index in [1.54, 1.807) is 0 Å². The molecule has 0 aliphatic carbocycles. The molecule has 1 unspecified atom stereocenters. The maximum absolute atomic E-state index is 5.87. The Hall–Kier alpha value is -0.120. The van der Waals surface area contributed by atoms with E-state index < -0.39 is 0 Å². The van der Waals surface area contributed by atoms with Gasteiger partial charge < -0.3 is 10.1 Å². The van der Waals surface area contributed by atoms with E-state index in [-0.39, 0.29) is 11.1 Å². The van der Waals surface area contributed by atoms with Crippen molar-refractivity contribution in [1.82, 2.24) is 10.2 Å². The van der Waals surface area contributed by atoms with Crippen molar-refractivity contribution in [3.63, 3.8) is 0 Å². The van der Waals surface area contributed by atoms with Gasteiger partial charge in [0.15, 0.2) is 0 Å². The molecule has 108 valence electrons. The Morgan fingerprint density at radius 2 is 1.94 bits per heavy atom. The van der Waals surface area contributed by atoms with Gasteiger partial charge in [0.1, 0.15) is 0 Å². The van der Waals surface area contributed by atoms with Crippen LogP contribution in [0.2, 0.25) is 0 Å². The van der Waals surface area contributed by atoms with Crippen LogP contribution in [0.4, 0.5) is 0 Å². The molecule has 3 nitrogen and oxygen atoms in total. The van der Waals surface area contributed by atoms with Crippen LogP contribution in [0.15, 0.2) is 0 Å². The number of nitrogens with one attached hydrogen (secondary N) is 1. The summed E-state index contributed by atoms with van der Waals surface area (Å²) in [5.74, 6) is 0.684. The highest BCUT2D eigenvalue weighted by Gasteiger charge is 2.33. The van der Waals surface area contributed by atoms with Crippen molar-refractivity contribution in [3.8, 4) is 0 Å². The van der Waals surface area contributed by atoms with Crippen molar-refractivity contribution >= 4 is 0 Å². The van der Waals surface area contributed by atoms with E-state index in [1.807, 2.05) is 0 Å². The zero-order valence-corrected chi connectivity index (χ0v) is 13.3. The second kappa shape index (κ2) is 5.89. The lowest BCUT2D eigenvalue weighted by Gasteiger charge is -2.46. The maximum atomic E-state index is 5.87. The minimum Gasteiger partial charge on any atom is -0.375 e. The monoisotopic (exact) mass is 256 g/mol. The number of ether oxygens (including phenoxy) is 1. The lowest BCUT2D eigenvalue weighted by atomic mass is 9.93. The van der Waals surface area contributed by atoms with Crippen molar-refractivity contribution in [1.29, 1.82) is 0 Å². The molecule has 3 heteroatoms. The number of piperazine rings is 1. The molecule has 0 bridgehead atoms. The third-order valence-corrected chi connectivity index (χ3v) is 3.54. The molecule has 0 aromatic carbocycles. The van der Waals surface area contributed by atoms with E-state index in [2.05, 4.69) is 58.7 Å². The van der Waals surface area contributed by atoms with Gasteiger partial charge in [0.25, 0.3) is 0 Å². The summed E-state index contributed by atoms with van der Waals surface area (Å²) in [6, 6.07) is 0.626. The van der Waals surface area contributed by atoms with Crippen LogP contribution in [0, 0.1) is 5.92 Å². The molecule has 0 spiro atoms. The summed E-state index contributed by atoms with van der Waals surface area (Å²) in [6.45, 7) is 19.6. The first-order valence-corrected chi connectivity index (χ1v) is 7.24. The highest BCUT2D eigenvalue weighted by Crippen LogP contribution is 2.20. The van der Waals surface area contributed by atoms with Gasteiger partial charge in [-0.15, -0.1) is 0 Å². The highest BCUT2D eigenvalue weighted by molar-refractivity contribution is 4.93. The van der Waals surface area contributed by atoms with Crippen LogP contribution in [-0.4, -0.2) is 48.3 Å². The summed E-state index contributed by atoms with van der Waals surface area (Å²) < 4.78 is 5.87. The Kier molecular flexibility index (Phi) is 5.22. The van der Waals surface area contributed by atoms with Crippen molar-refractivity contribution in [2.45, 2.75) is 65.6 Å². The molecule has 1 atom stereocenters. The minimum absolute atomic E-state index is 0.0309. The molecule has 18 heavy (non-hydrogen) atoms. The quantitative estimate of drug-likeness (QED) is 0.836. The van der Waals surface area contributed by atoms with Crippen LogP contribution >= 0.6 is 0 Å². The van der Waals surface area contributed by atoms with Gasteiger partial charge in [0, 0.05) is 31.2 Å². The van der Waals surface area contributed by atoms with E-state index in [9.17, 15) is 0 Å². The van der Waals surface area contributed by atoms with Crippen LogP contribution in [-0.2, 0) is 4.74 Å². The Balaban J connectivity index is 2.51. The fourth-order valence-corrected chi connectivity index (χ4v) is 2.56. The fourth-order valence-electron chi connectivity index (χ4n) is 2.56. The Labute approximate surface area is 113 Å². The fraction of sp³-hybridized carbons (Fsp3) is 1.00. The number of nitrogens with zero attached hydrogens (tertiary/aromatic N) is 1. The van der Waals surface area contributed by atoms with Crippen LogP contribution in [0.1, 0.15) is 48.5 Å². The molecule has 0 amide bonds. The van der Waals surface area contributed by atoms with Gasteiger partial charge in [-0.3, -0.25) is 4.90 Å². The molecule has 1 aliphatic rings.